The maximum atomic E-state index is 2.60. The summed E-state index contributed by atoms with van der Waals surface area (Å²) in [5, 5.41) is 0. The van der Waals surface area contributed by atoms with Gasteiger partial charge in [0.05, 0.1) is 64.2 Å². The first-order chi connectivity index (χ1) is 9.11. The molecule has 0 radical (unpaired) electrons. The van der Waals surface area contributed by atoms with Crippen LogP contribution >= 0.6 is 0 Å². The number of rotatable bonds is 0. The number of hydrogen-bond acceptors (Lipinski definition) is 0. The van der Waals surface area contributed by atoms with Crippen LogP contribution in [0, 0.1) is 11.8 Å². The van der Waals surface area contributed by atoms with Crippen molar-refractivity contribution in [2.24, 2.45) is 11.8 Å². The summed E-state index contributed by atoms with van der Waals surface area (Å²) in [4.78, 5) is 0. The van der Waals surface area contributed by atoms with E-state index in [4.69, 9.17) is 0 Å². The zero-order valence-electron chi connectivity index (χ0n) is 13.7. The molecule has 0 aromatic heterocycles. The zero-order valence-corrected chi connectivity index (χ0v) is 18.1. The molecule has 21 heavy (non-hydrogen) atoms. The minimum Gasteiger partial charge on any atom is -1.00 e. The SMILES string of the molecule is C[N+]12CCCCC1C1CC(C2)C2CCCC[N+]2(C)C1.[I-].[I-]. The van der Waals surface area contributed by atoms with Gasteiger partial charge in [-0.1, -0.05) is 0 Å². The van der Waals surface area contributed by atoms with Crippen LogP contribution in [0.1, 0.15) is 44.9 Å². The van der Waals surface area contributed by atoms with Gasteiger partial charge in [0.1, 0.15) is 0 Å². The fraction of sp³-hybridized carbons (Fsp3) is 1.00. The van der Waals surface area contributed by atoms with Crippen LogP contribution in [-0.2, 0) is 0 Å². The first-order valence-corrected chi connectivity index (χ1v) is 8.79. The Balaban J connectivity index is 0.000000807. The molecule has 4 heterocycles. The summed E-state index contributed by atoms with van der Waals surface area (Å²) in [6, 6.07) is 2.03. The molecular formula is C17H32I2N2. The topological polar surface area (TPSA) is 0 Å². The van der Waals surface area contributed by atoms with E-state index in [9.17, 15) is 0 Å². The summed E-state index contributed by atoms with van der Waals surface area (Å²) in [5.41, 5.74) is 0. The normalized spacial score (nSPS) is 51.7. The fourth-order valence-corrected chi connectivity index (χ4v) is 6.72. The summed E-state index contributed by atoms with van der Waals surface area (Å²) >= 11 is 0. The molecule has 4 aliphatic heterocycles. The van der Waals surface area contributed by atoms with Crippen LogP contribution in [0.5, 0.6) is 0 Å². The Labute approximate surface area is 165 Å². The lowest BCUT2D eigenvalue weighted by Gasteiger charge is -2.62. The van der Waals surface area contributed by atoms with E-state index in [1.807, 2.05) is 0 Å². The van der Waals surface area contributed by atoms with E-state index >= 15 is 0 Å². The van der Waals surface area contributed by atoms with Crippen molar-refractivity contribution < 1.29 is 56.9 Å². The number of fused-ring (bicyclic) bond motifs is 6. The molecule has 0 aliphatic carbocycles. The van der Waals surface area contributed by atoms with Crippen LogP contribution in [0.3, 0.4) is 0 Å². The molecule has 2 bridgehead atoms. The lowest BCUT2D eigenvalue weighted by molar-refractivity contribution is -0.997. The smallest absolute Gasteiger partial charge is 0.0971 e. The van der Waals surface area contributed by atoms with Crippen molar-refractivity contribution >= 4 is 0 Å². The van der Waals surface area contributed by atoms with Crippen molar-refractivity contribution in [1.29, 1.82) is 0 Å². The number of hydrogen-bond donors (Lipinski definition) is 0. The van der Waals surface area contributed by atoms with Crippen LogP contribution in [-0.4, -0.2) is 61.3 Å². The van der Waals surface area contributed by atoms with Gasteiger partial charge < -0.3 is 56.9 Å². The average Bonchev–Trinajstić information content (AvgIpc) is 2.37. The molecule has 124 valence electrons. The van der Waals surface area contributed by atoms with Gasteiger partial charge in [-0.2, -0.15) is 0 Å². The summed E-state index contributed by atoms with van der Waals surface area (Å²) < 4.78 is 2.90. The molecule has 4 saturated heterocycles. The highest BCUT2D eigenvalue weighted by molar-refractivity contribution is 4.90. The highest BCUT2D eigenvalue weighted by Crippen LogP contribution is 2.47. The third-order valence-electron chi connectivity index (χ3n) is 7.44. The van der Waals surface area contributed by atoms with Gasteiger partial charge in [0.2, 0.25) is 0 Å². The van der Waals surface area contributed by atoms with Gasteiger partial charge >= 0.3 is 0 Å². The minimum atomic E-state index is 0. The maximum Gasteiger partial charge on any atom is 0.0971 e. The quantitative estimate of drug-likeness (QED) is 0.233. The van der Waals surface area contributed by atoms with Crippen LogP contribution in [0.15, 0.2) is 0 Å². The van der Waals surface area contributed by atoms with Gasteiger partial charge in [-0.3, -0.25) is 0 Å². The van der Waals surface area contributed by atoms with Crippen LogP contribution in [0.4, 0.5) is 0 Å². The molecule has 4 aliphatic rings. The first-order valence-electron chi connectivity index (χ1n) is 8.79. The minimum absolute atomic E-state index is 0. The number of quaternary nitrogens is 2. The molecule has 6 atom stereocenters. The van der Waals surface area contributed by atoms with Crippen LogP contribution in [0.25, 0.3) is 0 Å². The summed E-state index contributed by atoms with van der Waals surface area (Å²) in [6.45, 7) is 5.99. The van der Waals surface area contributed by atoms with Gasteiger partial charge in [-0.25, -0.2) is 0 Å². The Morgan fingerprint density at radius 3 is 1.52 bits per heavy atom. The van der Waals surface area contributed by atoms with Crippen molar-refractivity contribution in [3.8, 4) is 0 Å². The van der Waals surface area contributed by atoms with Gasteiger partial charge in [-0.15, -0.1) is 0 Å². The van der Waals surface area contributed by atoms with E-state index in [1.165, 1.54) is 73.7 Å². The Morgan fingerprint density at radius 1 is 0.667 bits per heavy atom. The van der Waals surface area contributed by atoms with E-state index in [0.29, 0.717) is 0 Å². The van der Waals surface area contributed by atoms with E-state index in [-0.39, 0.29) is 48.0 Å². The van der Waals surface area contributed by atoms with Gasteiger partial charge in [0.25, 0.3) is 0 Å². The molecule has 0 aromatic rings. The molecule has 0 N–H and O–H groups in total. The third kappa shape index (κ3) is 3.04. The summed E-state index contributed by atoms with van der Waals surface area (Å²) in [7, 11) is 5.20. The maximum absolute atomic E-state index is 2.60. The molecule has 0 amide bonds. The van der Waals surface area contributed by atoms with Gasteiger partial charge in [0, 0.05) is 12.8 Å². The fourth-order valence-electron chi connectivity index (χ4n) is 6.72. The highest BCUT2D eigenvalue weighted by Gasteiger charge is 2.58. The molecule has 2 nitrogen and oxygen atoms in total. The number of halogens is 2. The molecule has 6 unspecified atom stereocenters. The van der Waals surface area contributed by atoms with Crippen molar-refractivity contribution in [2.75, 3.05) is 40.3 Å². The second kappa shape index (κ2) is 6.71. The predicted molar refractivity (Wildman–Crippen MR) is 78.7 cm³/mol. The lowest BCUT2D eigenvalue weighted by atomic mass is 9.68. The predicted octanol–water partition coefficient (Wildman–Crippen LogP) is -3.36. The average molecular weight is 518 g/mol. The molecule has 0 spiro atoms. The van der Waals surface area contributed by atoms with Gasteiger partial charge in [-0.05, 0) is 32.1 Å². The van der Waals surface area contributed by atoms with E-state index in [1.54, 1.807) is 6.42 Å². The Bertz CT molecular complexity index is 344. The second-order valence-electron chi connectivity index (χ2n) is 8.65. The molecule has 4 rings (SSSR count). The Morgan fingerprint density at radius 2 is 1.10 bits per heavy atom. The standard InChI is InChI=1S/C17H32N2.2HI/c1-18-9-5-3-7-16(18)15-11-14(12-18)17-8-4-6-10-19(17,2)13-15;;/h14-17H,3-13H2,1-2H3;2*1H/q+2;;/p-2. The van der Waals surface area contributed by atoms with Crippen molar-refractivity contribution in [3.63, 3.8) is 0 Å². The molecule has 4 heteroatoms. The summed E-state index contributed by atoms with van der Waals surface area (Å²) in [6.07, 6.45) is 10.6. The molecule has 0 saturated carbocycles. The Hall–Kier alpha value is 1.38. The first kappa shape index (κ1) is 18.7. The number of piperidine rings is 4. The molecular weight excluding hydrogens is 486 g/mol. The van der Waals surface area contributed by atoms with E-state index in [2.05, 4.69) is 14.1 Å². The van der Waals surface area contributed by atoms with Crippen LogP contribution < -0.4 is 48.0 Å². The molecule has 4 fully saturated rings. The van der Waals surface area contributed by atoms with E-state index in [0.717, 1.165) is 23.9 Å². The van der Waals surface area contributed by atoms with Crippen molar-refractivity contribution in [2.45, 2.75) is 57.0 Å². The van der Waals surface area contributed by atoms with Gasteiger partial charge in [0.15, 0.2) is 0 Å². The van der Waals surface area contributed by atoms with Crippen molar-refractivity contribution in [1.82, 2.24) is 0 Å². The third-order valence-corrected chi connectivity index (χ3v) is 7.44. The van der Waals surface area contributed by atoms with Crippen molar-refractivity contribution in [3.05, 3.63) is 0 Å². The molecule has 0 aromatic carbocycles. The lowest BCUT2D eigenvalue weighted by Crippen LogP contribution is -3.00. The number of nitrogens with zero attached hydrogens (tertiary/aromatic N) is 2. The Kier molecular flexibility index (Phi) is 5.98. The summed E-state index contributed by atoms with van der Waals surface area (Å²) in [5.74, 6) is 2.09. The monoisotopic (exact) mass is 518 g/mol. The zero-order chi connectivity index (χ0) is 13.1. The second-order valence-corrected chi connectivity index (χ2v) is 8.65. The highest BCUT2D eigenvalue weighted by atomic mass is 127. The van der Waals surface area contributed by atoms with E-state index < -0.39 is 0 Å². The largest absolute Gasteiger partial charge is 1.00 e. The van der Waals surface area contributed by atoms with Crippen LogP contribution in [0.2, 0.25) is 0 Å².